The molecule has 0 unspecified atom stereocenters. The summed E-state index contributed by atoms with van der Waals surface area (Å²) in [5, 5.41) is 5.44. The van der Waals surface area contributed by atoms with Crippen molar-refractivity contribution < 1.29 is 0 Å². The van der Waals surface area contributed by atoms with Crippen molar-refractivity contribution in [3.63, 3.8) is 0 Å². The van der Waals surface area contributed by atoms with Gasteiger partial charge in [0.25, 0.3) is 0 Å². The minimum atomic E-state index is 0.730. The van der Waals surface area contributed by atoms with Gasteiger partial charge in [-0.05, 0) is 23.6 Å². The second kappa shape index (κ2) is 4.34. The first kappa shape index (κ1) is 12.0. The highest BCUT2D eigenvalue weighted by atomic mass is 35.5. The zero-order chi connectivity index (χ0) is 13.7. The maximum Gasteiger partial charge on any atom is 0.0731 e. The number of hydrogen-bond donors (Lipinski definition) is 0. The summed E-state index contributed by atoms with van der Waals surface area (Å²) in [6.07, 6.45) is 0. The van der Waals surface area contributed by atoms with E-state index in [4.69, 9.17) is 28.2 Å². The zero-order valence-electron chi connectivity index (χ0n) is 10.4. The topological polar surface area (TPSA) is 12.9 Å². The minimum Gasteiger partial charge on any atom is -0.248 e. The Morgan fingerprint density at radius 2 is 1.45 bits per heavy atom. The summed E-state index contributed by atoms with van der Waals surface area (Å²) in [5.74, 6) is 0. The number of para-hydroxylation sites is 1. The van der Waals surface area contributed by atoms with Crippen LogP contribution in [0.2, 0.25) is 10.0 Å². The van der Waals surface area contributed by atoms with Gasteiger partial charge in [-0.1, -0.05) is 59.6 Å². The fourth-order valence-electron chi connectivity index (χ4n) is 2.65. The Bertz CT molecular complexity index is 977. The van der Waals surface area contributed by atoms with E-state index in [1.165, 1.54) is 0 Å². The van der Waals surface area contributed by atoms with Crippen LogP contribution in [0.1, 0.15) is 0 Å². The van der Waals surface area contributed by atoms with Gasteiger partial charge in [0.2, 0.25) is 0 Å². The average molecular weight is 298 g/mol. The lowest BCUT2D eigenvalue weighted by Gasteiger charge is -2.09. The van der Waals surface area contributed by atoms with Crippen LogP contribution < -0.4 is 0 Å². The molecule has 0 atom stereocenters. The number of rotatable bonds is 0. The quantitative estimate of drug-likeness (QED) is 0.293. The van der Waals surface area contributed by atoms with E-state index in [2.05, 4.69) is 0 Å². The highest BCUT2D eigenvalue weighted by Crippen LogP contribution is 2.36. The summed E-state index contributed by atoms with van der Waals surface area (Å²) in [6, 6.07) is 17.7. The smallest absolute Gasteiger partial charge is 0.0731 e. The Labute approximate surface area is 125 Å². The number of benzene rings is 3. The van der Waals surface area contributed by atoms with Crippen LogP contribution in [0, 0.1) is 0 Å². The number of nitrogens with zero attached hydrogens (tertiary/aromatic N) is 1. The Morgan fingerprint density at radius 3 is 2.35 bits per heavy atom. The number of pyridine rings is 1. The van der Waals surface area contributed by atoms with E-state index in [-0.39, 0.29) is 0 Å². The summed E-state index contributed by atoms with van der Waals surface area (Å²) < 4.78 is 0. The fraction of sp³-hybridized carbons (Fsp3) is 0. The summed E-state index contributed by atoms with van der Waals surface area (Å²) in [7, 11) is 0. The van der Waals surface area contributed by atoms with E-state index in [1.807, 2.05) is 54.6 Å². The number of fused-ring (bicyclic) bond motifs is 4. The maximum absolute atomic E-state index is 6.62. The molecule has 0 aliphatic heterocycles. The van der Waals surface area contributed by atoms with Gasteiger partial charge in [0.1, 0.15) is 0 Å². The molecule has 0 fully saturated rings. The second-order valence-corrected chi connectivity index (χ2v) is 5.52. The van der Waals surface area contributed by atoms with Crippen molar-refractivity contribution in [1.29, 1.82) is 0 Å². The summed E-state index contributed by atoms with van der Waals surface area (Å²) in [5.41, 5.74) is 1.80. The number of halogens is 2. The molecule has 3 heteroatoms. The molecule has 96 valence electrons. The first-order valence-electron chi connectivity index (χ1n) is 6.31. The van der Waals surface area contributed by atoms with Crippen LogP contribution in [0.15, 0.2) is 54.6 Å². The summed E-state index contributed by atoms with van der Waals surface area (Å²) >= 11 is 12.9. The molecular formula is C17H9Cl2N. The lowest BCUT2D eigenvalue weighted by atomic mass is 10.0. The third kappa shape index (κ3) is 1.60. The molecule has 1 nitrogen and oxygen atoms in total. The zero-order valence-corrected chi connectivity index (χ0v) is 11.9. The van der Waals surface area contributed by atoms with Crippen molar-refractivity contribution in [3.05, 3.63) is 64.6 Å². The van der Waals surface area contributed by atoms with Gasteiger partial charge < -0.3 is 0 Å². The predicted molar refractivity (Wildman–Crippen MR) is 86.8 cm³/mol. The monoisotopic (exact) mass is 297 g/mol. The van der Waals surface area contributed by atoms with Crippen LogP contribution in [-0.4, -0.2) is 4.98 Å². The normalized spacial score (nSPS) is 11.5. The first-order valence-corrected chi connectivity index (χ1v) is 7.06. The van der Waals surface area contributed by atoms with Crippen molar-refractivity contribution in [2.45, 2.75) is 0 Å². The molecule has 0 radical (unpaired) electrons. The molecule has 0 saturated carbocycles. The van der Waals surface area contributed by atoms with Crippen LogP contribution in [0.3, 0.4) is 0 Å². The van der Waals surface area contributed by atoms with Gasteiger partial charge in [-0.25, -0.2) is 4.98 Å². The molecule has 0 aliphatic rings. The predicted octanol–water partition coefficient (Wildman–Crippen LogP) is 5.85. The van der Waals surface area contributed by atoms with E-state index < -0.39 is 0 Å². The largest absolute Gasteiger partial charge is 0.248 e. The molecule has 4 rings (SSSR count). The van der Waals surface area contributed by atoms with Crippen molar-refractivity contribution >= 4 is 55.8 Å². The Kier molecular flexibility index (Phi) is 2.59. The fourth-order valence-corrected chi connectivity index (χ4v) is 3.25. The molecular weight excluding hydrogens is 289 g/mol. The van der Waals surface area contributed by atoms with E-state index in [1.54, 1.807) is 0 Å². The average Bonchev–Trinajstić information content (AvgIpc) is 2.47. The standard InChI is InChI=1S/C17H9Cl2N/c18-13-6-3-5-11-10(13)8-9-15-16(11)17(19)12-4-1-2-7-14(12)20-15/h1-9H. The molecule has 0 aliphatic carbocycles. The number of hydrogen-bond acceptors (Lipinski definition) is 1. The molecule has 0 bridgehead atoms. The first-order chi connectivity index (χ1) is 9.75. The van der Waals surface area contributed by atoms with Gasteiger partial charge in [0, 0.05) is 21.2 Å². The van der Waals surface area contributed by atoms with Crippen molar-refractivity contribution in [3.8, 4) is 0 Å². The van der Waals surface area contributed by atoms with Crippen LogP contribution in [0.25, 0.3) is 32.6 Å². The molecule has 1 aromatic heterocycles. The summed E-state index contributed by atoms with van der Waals surface area (Å²) in [6.45, 7) is 0. The molecule has 0 N–H and O–H groups in total. The van der Waals surface area contributed by atoms with Crippen molar-refractivity contribution in [2.75, 3.05) is 0 Å². The Balaban J connectivity index is 2.33. The van der Waals surface area contributed by atoms with Gasteiger partial charge in [0.05, 0.1) is 16.1 Å². The van der Waals surface area contributed by atoms with Gasteiger partial charge in [0.15, 0.2) is 0 Å². The number of aromatic nitrogens is 1. The SMILES string of the molecule is Clc1cccc2c1ccc1nc3ccccc3c(Cl)c12. The molecule has 0 spiro atoms. The van der Waals surface area contributed by atoms with Crippen molar-refractivity contribution in [1.82, 2.24) is 4.98 Å². The summed E-state index contributed by atoms with van der Waals surface area (Å²) in [4.78, 5) is 4.69. The molecule has 1 heterocycles. The van der Waals surface area contributed by atoms with E-state index in [0.29, 0.717) is 0 Å². The van der Waals surface area contributed by atoms with Crippen LogP contribution in [-0.2, 0) is 0 Å². The van der Waals surface area contributed by atoms with Crippen molar-refractivity contribution in [2.24, 2.45) is 0 Å². The van der Waals surface area contributed by atoms with Crippen LogP contribution in [0.5, 0.6) is 0 Å². The molecule has 3 aromatic carbocycles. The highest BCUT2D eigenvalue weighted by Gasteiger charge is 2.11. The Hall–Kier alpha value is -1.83. The van der Waals surface area contributed by atoms with Crippen LogP contribution in [0.4, 0.5) is 0 Å². The van der Waals surface area contributed by atoms with E-state index >= 15 is 0 Å². The highest BCUT2D eigenvalue weighted by molar-refractivity contribution is 6.43. The minimum absolute atomic E-state index is 0.730. The third-order valence-electron chi connectivity index (χ3n) is 3.59. The van der Waals surface area contributed by atoms with Gasteiger partial charge in [-0.3, -0.25) is 0 Å². The lowest BCUT2D eigenvalue weighted by Crippen LogP contribution is -1.86. The second-order valence-electron chi connectivity index (χ2n) is 4.74. The van der Waals surface area contributed by atoms with Gasteiger partial charge in [-0.2, -0.15) is 0 Å². The molecule has 20 heavy (non-hydrogen) atoms. The third-order valence-corrected chi connectivity index (χ3v) is 4.31. The van der Waals surface area contributed by atoms with E-state index in [9.17, 15) is 0 Å². The molecule has 0 saturated heterocycles. The molecule has 0 amide bonds. The van der Waals surface area contributed by atoms with Crippen LogP contribution >= 0.6 is 23.2 Å². The van der Waals surface area contributed by atoms with Gasteiger partial charge >= 0.3 is 0 Å². The van der Waals surface area contributed by atoms with Gasteiger partial charge in [-0.15, -0.1) is 0 Å². The van der Waals surface area contributed by atoms with E-state index in [0.717, 1.165) is 42.6 Å². The lowest BCUT2D eigenvalue weighted by molar-refractivity contribution is 1.51. The Morgan fingerprint density at radius 1 is 0.650 bits per heavy atom. The molecule has 4 aromatic rings. The maximum atomic E-state index is 6.62.